The molecule has 0 unspecified atom stereocenters. The molecular weight excluding hydrogens is 600 g/mol. The summed E-state index contributed by atoms with van der Waals surface area (Å²) >= 11 is 0. The highest BCUT2D eigenvalue weighted by molar-refractivity contribution is 5.67. The van der Waals surface area contributed by atoms with Gasteiger partial charge in [0.15, 0.2) is 0 Å². The zero-order chi connectivity index (χ0) is 32.4. The van der Waals surface area contributed by atoms with Crippen molar-refractivity contribution >= 4 is 11.6 Å². The third-order valence-electron chi connectivity index (χ3n) is 8.60. The van der Waals surface area contributed by atoms with Crippen molar-refractivity contribution in [2.24, 2.45) is 0 Å². The molecule has 0 bridgehead atoms. The van der Waals surface area contributed by atoms with Gasteiger partial charge in [0.1, 0.15) is 36.3 Å². The molecule has 248 valence electrons. The molecule has 0 radical (unpaired) electrons. The number of nitrogens with one attached hydrogen (secondary N) is 1. The molecule has 1 aliphatic heterocycles. The Bertz CT molecular complexity index is 1590. The van der Waals surface area contributed by atoms with E-state index in [1.165, 1.54) is 6.33 Å². The molecule has 14 nitrogen and oxygen atoms in total. The van der Waals surface area contributed by atoms with Gasteiger partial charge in [0.05, 0.1) is 44.2 Å². The van der Waals surface area contributed by atoms with E-state index in [-0.39, 0.29) is 6.10 Å². The fraction of sp³-hybridized carbons (Fsp3) is 0.515. The second-order valence-corrected chi connectivity index (χ2v) is 11.9. The van der Waals surface area contributed by atoms with Crippen LogP contribution in [0, 0.1) is 11.3 Å². The molecule has 47 heavy (non-hydrogen) atoms. The van der Waals surface area contributed by atoms with Crippen molar-refractivity contribution in [3.63, 3.8) is 0 Å². The van der Waals surface area contributed by atoms with E-state index >= 15 is 0 Å². The number of morpholine rings is 1. The second-order valence-electron chi connectivity index (χ2n) is 11.9. The molecule has 2 fully saturated rings. The number of ether oxygens (including phenoxy) is 4. The number of benzene rings is 1. The molecule has 4 aromatic rings. The summed E-state index contributed by atoms with van der Waals surface area (Å²) in [5.74, 6) is 1.44. The Labute approximate surface area is 274 Å². The van der Waals surface area contributed by atoms with Gasteiger partial charge >= 0.3 is 0 Å². The highest BCUT2D eigenvalue weighted by Gasteiger charge is 2.29. The van der Waals surface area contributed by atoms with E-state index in [1.54, 1.807) is 36.6 Å². The molecule has 1 atom stereocenters. The maximum absolute atomic E-state index is 9.66. The quantitative estimate of drug-likeness (QED) is 0.196. The van der Waals surface area contributed by atoms with Crippen molar-refractivity contribution in [1.29, 1.82) is 5.26 Å². The van der Waals surface area contributed by atoms with Gasteiger partial charge in [0, 0.05) is 57.2 Å². The number of nitrogens with zero attached hydrogens (tertiary/aromatic N) is 9. The lowest BCUT2D eigenvalue weighted by atomic mass is 9.90. The maximum Gasteiger partial charge on any atom is 0.256 e. The number of methoxy groups -OCH3 is 1. The summed E-state index contributed by atoms with van der Waals surface area (Å²) in [6, 6.07) is 8.58. The lowest BCUT2D eigenvalue weighted by Crippen LogP contribution is -2.45. The van der Waals surface area contributed by atoms with Crippen LogP contribution in [0.4, 0.5) is 11.6 Å². The Morgan fingerprint density at radius 1 is 1.06 bits per heavy atom. The third kappa shape index (κ3) is 8.42. The van der Waals surface area contributed by atoms with Crippen molar-refractivity contribution in [2.45, 2.75) is 63.8 Å². The van der Waals surface area contributed by atoms with Crippen LogP contribution < -0.4 is 14.8 Å². The van der Waals surface area contributed by atoms with Crippen molar-refractivity contribution < 1.29 is 18.9 Å². The second kappa shape index (κ2) is 15.8. The van der Waals surface area contributed by atoms with Gasteiger partial charge in [-0.1, -0.05) is 6.07 Å². The largest absolute Gasteiger partial charge is 0.487 e. The number of hydrogen-bond acceptors (Lipinski definition) is 12. The van der Waals surface area contributed by atoms with E-state index in [0.717, 1.165) is 75.2 Å². The molecule has 6 rings (SSSR count). The summed E-state index contributed by atoms with van der Waals surface area (Å²) in [7, 11) is 1.68. The Morgan fingerprint density at radius 3 is 2.57 bits per heavy atom. The summed E-state index contributed by atoms with van der Waals surface area (Å²) in [6.07, 6.45) is 13.6. The molecule has 14 heteroatoms. The monoisotopic (exact) mass is 642 g/mol. The molecule has 1 N–H and O–H groups in total. The van der Waals surface area contributed by atoms with Gasteiger partial charge in [-0.2, -0.15) is 10.4 Å². The Morgan fingerprint density at radius 2 is 1.85 bits per heavy atom. The zero-order valence-electron chi connectivity index (χ0n) is 27.0. The van der Waals surface area contributed by atoms with E-state index in [2.05, 4.69) is 36.3 Å². The minimum atomic E-state index is -0.228. The molecule has 1 aromatic carbocycles. The topological polar surface area (TPSA) is 150 Å². The van der Waals surface area contributed by atoms with Crippen LogP contribution in [-0.2, 0) is 16.0 Å². The van der Waals surface area contributed by atoms with Crippen LogP contribution in [0.15, 0.2) is 49.4 Å². The van der Waals surface area contributed by atoms with Crippen LogP contribution in [0.1, 0.15) is 50.6 Å². The third-order valence-corrected chi connectivity index (χ3v) is 8.60. The Balaban J connectivity index is 1.13. The lowest BCUT2D eigenvalue weighted by molar-refractivity contribution is 0.00503. The molecule has 1 saturated carbocycles. The first-order chi connectivity index (χ1) is 23.1. The molecule has 0 spiro atoms. The van der Waals surface area contributed by atoms with E-state index in [4.69, 9.17) is 24.0 Å². The molecular formula is C33H42N10O4. The van der Waals surface area contributed by atoms with E-state index in [0.29, 0.717) is 55.0 Å². The predicted octanol–water partition coefficient (Wildman–Crippen LogP) is 4.25. The number of aromatic nitrogens is 7. The minimum absolute atomic E-state index is 0.228. The highest BCUT2D eigenvalue weighted by atomic mass is 16.5. The van der Waals surface area contributed by atoms with Crippen LogP contribution >= 0.6 is 0 Å². The van der Waals surface area contributed by atoms with Gasteiger partial charge in [0.25, 0.3) is 5.88 Å². The number of rotatable bonds is 14. The van der Waals surface area contributed by atoms with Crippen molar-refractivity contribution in [3.8, 4) is 28.8 Å². The summed E-state index contributed by atoms with van der Waals surface area (Å²) < 4.78 is 26.7. The first-order valence-electron chi connectivity index (χ1n) is 16.2. The summed E-state index contributed by atoms with van der Waals surface area (Å²) in [4.78, 5) is 15.7. The molecule has 0 amide bonds. The summed E-state index contributed by atoms with van der Waals surface area (Å²) in [6.45, 7) is 7.23. The number of hydrogen-bond donors (Lipinski definition) is 1. The number of nitriles is 1. The first kappa shape index (κ1) is 32.4. The van der Waals surface area contributed by atoms with Gasteiger partial charge < -0.3 is 24.3 Å². The standard InChI is InChI=1S/C33H42N10O4/c1-24(20-42-23-35-22-38-42)47-31-16-25(4-5-26(31)17-34)27-18-36-33(37-19-27)39-30-21-43(40-32(30)46-13-3-12-44-2)29-8-6-28(7-9-29)41-10-14-45-15-11-41/h4-5,16,18-19,21-24,28-29H,3,6-15,20H2,1-2H3,(H,36,37,39)/t24-,28?,29?/m0/s1. The highest BCUT2D eigenvalue weighted by Crippen LogP contribution is 2.35. The minimum Gasteiger partial charge on any atom is -0.487 e. The van der Waals surface area contributed by atoms with Gasteiger partial charge in [-0.05, 0) is 50.3 Å². The van der Waals surface area contributed by atoms with Crippen LogP contribution in [0.25, 0.3) is 11.1 Å². The van der Waals surface area contributed by atoms with Crippen LogP contribution in [0.2, 0.25) is 0 Å². The molecule has 1 aliphatic carbocycles. The van der Waals surface area contributed by atoms with Gasteiger partial charge in [-0.3, -0.25) is 9.58 Å². The van der Waals surface area contributed by atoms with Gasteiger partial charge in [-0.25, -0.2) is 19.6 Å². The zero-order valence-corrected chi connectivity index (χ0v) is 27.0. The van der Waals surface area contributed by atoms with Crippen LogP contribution in [-0.4, -0.2) is 98.2 Å². The van der Waals surface area contributed by atoms with Crippen LogP contribution in [0.3, 0.4) is 0 Å². The van der Waals surface area contributed by atoms with Crippen molar-refractivity contribution in [1.82, 2.24) is 39.4 Å². The van der Waals surface area contributed by atoms with E-state index in [1.807, 2.05) is 29.9 Å². The van der Waals surface area contributed by atoms with Crippen molar-refractivity contribution in [3.05, 3.63) is 55.0 Å². The van der Waals surface area contributed by atoms with Crippen molar-refractivity contribution in [2.75, 3.05) is 51.9 Å². The normalized spacial score (nSPS) is 19.2. The molecule has 1 saturated heterocycles. The fourth-order valence-corrected chi connectivity index (χ4v) is 6.16. The predicted molar refractivity (Wildman–Crippen MR) is 173 cm³/mol. The maximum atomic E-state index is 9.66. The first-order valence-corrected chi connectivity index (χ1v) is 16.2. The molecule has 3 aromatic heterocycles. The average molecular weight is 643 g/mol. The SMILES string of the molecule is COCCCOc1nn(C2CCC(N3CCOCC3)CC2)cc1Nc1ncc(-c2ccc(C#N)c(O[C@@H](C)Cn3cncn3)c2)cn1. The summed E-state index contributed by atoms with van der Waals surface area (Å²) in [5.41, 5.74) is 2.79. The van der Waals surface area contributed by atoms with Crippen LogP contribution in [0.5, 0.6) is 11.6 Å². The molecule has 4 heterocycles. The average Bonchev–Trinajstić information content (AvgIpc) is 3.77. The Hall–Kier alpha value is -4.58. The van der Waals surface area contributed by atoms with Gasteiger partial charge in [0.2, 0.25) is 5.95 Å². The lowest BCUT2D eigenvalue weighted by Gasteiger charge is -2.38. The fourth-order valence-electron chi connectivity index (χ4n) is 6.16. The Kier molecular flexibility index (Phi) is 10.9. The molecule has 2 aliphatic rings. The smallest absolute Gasteiger partial charge is 0.256 e. The number of anilines is 2. The van der Waals surface area contributed by atoms with Gasteiger partial charge in [-0.15, -0.1) is 5.10 Å². The summed E-state index contributed by atoms with van der Waals surface area (Å²) in [5, 5.41) is 22.0. The van der Waals surface area contributed by atoms with E-state index in [9.17, 15) is 5.26 Å². The van der Waals surface area contributed by atoms with E-state index < -0.39 is 0 Å².